The predicted molar refractivity (Wildman–Crippen MR) is 59.7 cm³/mol. The molecule has 2 amide bonds. The Hall–Kier alpha value is -2.05. The molecule has 0 aliphatic carbocycles. The number of aryl methyl sites for hydroxylation is 1. The van der Waals surface area contributed by atoms with Gasteiger partial charge in [-0.25, -0.2) is 4.68 Å². The lowest BCUT2D eigenvalue weighted by atomic mass is 10.2. The number of methoxy groups -OCH3 is 1. The van der Waals surface area contributed by atoms with Crippen LogP contribution in [0.25, 0.3) is 0 Å². The molecule has 2 heterocycles. The predicted octanol–water partition coefficient (Wildman–Crippen LogP) is -0.720. The number of nitrogens with one attached hydrogen (secondary N) is 1. The highest BCUT2D eigenvalue weighted by Crippen LogP contribution is 2.21. The lowest BCUT2D eigenvalue weighted by Crippen LogP contribution is -2.57. The third kappa shape index (κ3) is 1.95. The van der Waals surface area contributed by atoms with Gasteiger partial charge in [-0.1, -0.05) is 0 Å². The monoisotopic (exact) mass is 238 g/mol. The fraction of sp³-hybridized carbons (Fsp3) is 0.500. The number of ether oxygens (including phenoxy) is 1. The second-order valence-electron chi connectivity index (χ2n) is 3.88. The molecule has 1 atom stereocenters. The van der Waals surface area contributed by atoms with Crippen molar-refractivity contribution in [1.82, 2.24) is 15.1 Å². The summed E-state index contributed by atoms with van der Waals surface area (Å²) in [6, 6.07) is 1.10. The Morgan fingerprint density at radius 3 is 2.82 bits per heavy atom. The van der Waals surface area contributed by atoms with E-state index in [0.717, 1.165) is 0 Å². The highest BCUT2D eigenvalue weighted by atomic mass is 16.5. The molecule has 1 aliphatic heterocycles. The number of amides is 2. The third-order valence-corrected chi connectivity index (χ3v) is 2.63. The summed E-state index contributed by atoms with van der Waals surface area (Å²) in [4.78, 5) is 24.6. The first-order valence-electron chi connectivity index (χ1n) is 5.21. The topological polar surface area (TPSA) is 76.5 Å². The van der Waals surface area contributed by atoms with Gasteiger partial charge in [0, 0.05) is 13.1 Å². The maximum Gasteiger partial charge on any atom is 0.250 e. The average molecular weight is 238 g/mol. The zero-order valence-electron chi connectivity index (χ0n) is 9.93. The van der Waals surface area contributed by atoms with E-state index in [4.69, 9.17) is 4.74 Å². The molecule has 1 aromatic rings. The van der Waals surface area contributed by atoms with Crippen molar-refractivity contribution in [2.75, 3.05) is 18.6 Å². The Morgan fingerprint density at radius 1 is 1.53 bits per heavy atom. The van der Waals surface area contributed by atoms with Gasteiger partial charge in [-0.15, -0.1) is 0 Å². The lowest BCUT2D eigenvalue weighted by Gasteiger charge is -2.28. The van der Waals surface area contributed by atoms with E-state index in [-0.39, 0.29) is 18.4 Å². The molecule has 0 saturated carbocycles. The first-order chi connectivity index (χ1) is 8.02. The number of hydrogen-bond donors (Lipinski definition) is 1. The smallest absolute Gasteiger partial charge is 0.250 e. The van der Waals surface area contributed by atoms with E-state index in [9.17, 15) is 9.59 Å². The molecule has 0 bridgehead atoms. The van der Waals surface area contributed by atoms with E-state index in [1.54, 1.807) is 20.0 Å². The molecule has 1 unspecified atom stereocenters. The number of hydrogen-bond acceptors (Lipinski definition) is 4. The summed E-state index contributed by atoms with van der Waals surface area (Å²) < 4.78 is 6.58. The largest absolute Gasteiger partial charge is 0.481 e. The first-order valence-corrected chi connectivity index (χ1v) is 5.21. The normalized spacial score (nSPS) is 20.4. The standard InChI is InChI=1S/C10H14N4O3/c1-6-10(16)14(5-8(15)11-6)7-4-9(17-3)13(2)12-7/h4,6H,5H2,1-3H3,(H,11,15). The van der Waals surface area contributed by atoms with Crippen molar-refractivity contribution in [3.63, 3.8) is 0 Å². The quantitative estimate of drug-likeness (QED) is 0.737. The summed E-state index contributed by atoms with van der Waals surface area (Å²) in [6.07, 6.45) is 0. The van der Waals surface area contributed by atoms with Gasteiger partial charge < -0.3 is 10.1 Å². The fourth-order valence-corrected chi connectivity index (χ4v) is 1.76. The van der Waals surface area contributed by atoms with E-state index >= 15 is 0 Å². The molecule has 7 nitrogen and oxygen atoms in total. The third-order valence-electron chi connectivity index (χ3n) is 2.63. The second-order valence-corrected chi connectivity index (χ2v) is 3.88. The summed E-state index contributed by atoms with van der Waals surface area (Å²) in [6.45, 7) is 1.63. The number of rotatable bonds is 2. The SMILES string of the molecule is COc1cc(N2CC(=O)NC(C)C2=O)nn1C. The fourth-order valence-electron chi connectivity index (χ4n) is 1.76. The lowest BCUT2D eigenvalue weighted by molar-refractivity contribution is -0.130. The average Bonchev–Trinajstić information content (AvgIpc) is 2.64. The van der Waals surface area contributed by atoms with Crippen molar-refractivity contribution >= 4 is 17.6 Å². The van der Waals surface area contributed by atoms with Crippen LogP contribution in [0.15, 0.2) is 6.07 Å². The van der Waals surface area contributed by atoms with E-state index in [2.05, 4.69) is 10.4 Å². The summed E-state index contributed by atoms with van der Waals surface area (Å²) in [7, 11) is 3.23. The molecule has 0 aromatic carbocycles. The van der Waals surface area contributed by atoms with Crippen LogP contribution in [0.3, 0.4) is 0 Å². The van der Waals surface area contributed by atoms with Gasteiger partial charge >= 0.3 is 0 Å². The molecule has 1 N–H and O–H groups in total. The molecule has 1 aromatic heterocycles. The molecule has 0 spiro atoms. The highest BCUT2D eigenvalue weighted by molar-refractivity contribution is 6.05. The van der Waals surface area contributed by atoms with E-state index in [0.29, 0.717) is 11.7 Å². The van der Waals surface area contributed by atoms with Crippen molar-refractivity contribution in [3.05, 3.63) is 6.07 Å². The minimum atomic E-state index is -0.524. The van der Waals surface area contributed by atoms with Crippen molar-refractivity contribution in [2.45, 2.75) is 13.0 Å². The van der Waals surface area contributed by atoms with Gasteiger partial charge in [-0.2, -0.15) is 5.10 Å². The number of aromatic nitrogens is 2. The Labute approximate surface area is 98.3 Å². The van der Waals surface area contributed by atoms with E-state index in [1.807, 2.05) is 0 Å². The number of nitrogens with zero attached hydrogens (tertiary/aromatic N) is 3. The molecular formula is C10H14N4O3. The van der Waals surface area contributed by atoms with Gasteiger partial charge in [0.1, 0.15) is 12.6 Å². The summed E-state index contributed by atoms with van der Waals surface area (Å²) in [5.74, 6) is 0.592. The Morgan fingerprint density at radius 2 is 2.24 bits per heavy atom. The second kappa shape index (κ2) is 4.08. The molecule has 2 rings (SSSR count). The minimum Gasteiger partial charge on any atom is -0.481 e. The van der Waals surface area contributed by atoms with Crippen molar-refractivity contribution in [3.8, 4) is 5.88 Å². The van der Waals surface area contributed by atoms with Gasteiger partial charge in [0.2, 0.25) is 11.8 Å². The maximum absolute atomic E-state index is 11.9. The zero-order chi connectivity index (χ0) is 12.6. The molecule has 0 radical (unpaired) electrons. The number of carbonyl (C=O) groups is 2. The molecule has 17 heavy (non-hydrogen) atoms. The first kappa shape index (κ1) is 11.4. The van der Waals surface area contributed by atoms with Gasteiger partial charge in [0.25, 0.3) is 5.91 Å². The van der Waals surface area contributed by atoms with Crippen LogP contribution in [0, 0.1) is 0 Å². The van der Waals surface area contributed by atoms with Crippen LogP contribution in [0.5, 0.6) is 5.88 Å². The van der Waals surface area contributed by atoms with Crippen LogP contribution in [0.1, 0.15) is 6.92 Å². The Kier molecular flexibility index (Phi) is 2.74. The maximum atomic E-state index is 11.9. The van der Waals surface area contributed by atoms with Crippen LogP contribution >= 0.6 is 0 Å². The van der Waals surface area contributed by atoms with Gasteiger partial charge in [0.15, 0.2) is 5.82 Å². The molecule has 1 fully saturated rings. The Balaban J connectivity index is 2.31. The van der Waals surface area contributed by atoms with Crippen molar-refractivity contribution in [2.24, 2.45) is 7.05 Å². The van der Waals surface area contributed by atoms with Crippen molar-refractivity contribution in [1.29, 1.82) is 0 Å². The summed E-state index contributed by atoms with van der Waals surface area (Å²) in [5, 5.41) is 6.71. The van der Waals surface area contributed by atoms with Crippen molar-refractivity contribution < 1.29 is 14.3 Å². The van der Waals surface area contributed by atoms with Gasteiger partial charge in [-0.3, -0.25) is 14.5 Å². The minimum absolute atomic E-state index is 0.0106. The van der Waals surface area contributed by atoms with Crippen LogP contribution in [-0.2, 0) is 16.6 Å². The van der Waals surface area contributed by atoms with Crippen LogP contribution in [-0.4, -0.2) is 41.3 Å². The van der Waals surface area contributed by atoms with Crippen LogP contribution in [0.2, 0.25) is 0 Å². The molecule has 1 aliphatic rings. The number of carbonyl (C=O) groups excluding carboxylic acids is 2. The highest BCUT2D eigenvalue weighted by Gasteiger charge is 2.32. The molecular weight excluding hydrogens is 224 g/mol. The van der Waals surface area contributed by atoms with E-state index in [1.165, 1.54) is 16.7 Å². The van der Waals surface area contributed by atoms with Gasteiger partial charge in [0.05, 0.1) is 7.11 Å². The van der Waals surface area contributed by atoms with Crippen LogP contribution < -0.4 is 15.0 Å². The zero-order valence-corrected chi connectivity index (χ0v) is 9.93. The molecule has 1 saturated heterocycles. The Bertz CT molecular complexity index is 468. The van der Waals surface area contributed by atoms with Crippen LogP contribution in [0.4, 0.5) is 5.82 Å². The van der Waals surface area contributed by atoms with E-state index < -0.39 is 6.04 Å². The molecule has 92 valence electrons. The summed E-state index contributed by atoms with van der Waals surface area (Å²) >= 11 is 0. The number of piperazine rings is 1. The molecule has 7 heteroatoms. The summed E-state index contributed by atoms with van der Waals surface area (Å²) in [5.41, 5.74) is 0. The number of anilines is 1. The van der Waals surface area contributed by atoms with Gasteiger partial charge in [-0.05, 0) is 6.92 Å².